The monoisotopic (exact) mass is 643 g/mol. The van der Waals surface area contributed by atoms with Gasteiger partial charge in [-0.1, -0.05) is 122 Å². The van der Waals surface area contributed by atoms with Crippen molar-refractivity contribution in [1.29, 1.82) is 0 Å². The van der Waals surface area contributed by atoms with Crippen LogP contribution < -0.4 is 4.90 Å². The largest absolute Gasteiger partial charge is 0.310 e. The van der Waals surface area contributed by atoms with Gasteiger partial charge in [0.1, 0.15) is 0 Å². The first-order valence-electron chi connectivity index (χ1n) is 18.8. The number of benzene rings is 7. The van der Waals surface area contributed by atoms with Crippen LogP contribution >= 0.6 is 0 Å². The minimum Gasteiger partial charge on any atom is -0.310 e. The van der Waals surface area contributed by atoms with Crippen LogP contribution in [0.25, 0.3) is 43.8 Å². The summed E-state index contributed by atoms with van der Waals surface area (Å²) in [6.45, 7) is 0. The van der Waals surface area contributed by atoms with Gasteiger partial charge in [-0.05, 0) is 147 Å². The molecule has 3 bridgehead atoms. The lowest BCUT2D eigenvalue weighted by Crippen LogP contribution is -2.50. The molecule has 7 aromatic rings. The molecule has 0 radical (unpaired) electrons. The van der Waals surface area contributed by atoms with Gasteiger partial charge in [0.2, 0.25) is 0 Å². The summed E-state index contributed by atoms with van der Waals surface area (Å²) in [4.78, 5) is 2.48. The van der Waals surface area contributed by atoms with Crippen molar-refractivity contribution in [1.82, 2.24) is 0 Å². The van der Waals surface area contributed by atoms with Crippen molar-refractivity contribution < 1.29 is 0 Å². The molecular formula is C49H41N. The number of fused-ring (bicyclic) bond motifs is 10. The molecule has 0 N–H and O–H groups in total. The standard InChI is InChI=1S/C49H41N/c1-2-10-36-29-41(23-18-33(36)8-1)50(40-21-19-35(20-22-40)44-14-7-11-34-9-3-4-12-43(34)44)42-24-25-48-46(30-42)45-13-5-6-15-47(45)49(48)31-37-17-16-32-26-38(37)28-39(49)27-32/h1-15,18-25,29-30,32,37-39H,16-17,26-28,31H2. The van der Waals surface area contributed by atoms with Crippen molar-refractivity contribution >= 4 is 38.6 Å². The molecule has 1 nitrogen and oxygen atoms in total. The number of hydrogen-bond acceptors (Lipinski definition) is 1. The van der Waals surface area contributed by atoms with Crippen LogP contribution in [0.5, 0.6) is 0 Å². The molecule has 4 aliphatic rings. The van der Waals surface area contributed by atoms with E-state index in [-0.39, 0.29) is 5.41 Å². The quantitative estimate of drug-likeness (QED) is 0.184. The predicted octanol–water partition coefficient (Wildman–Crippen LogP) is 13.2. The van der Waals surface area contributed by atoms with Gasteiger partial charge in [0, 0.05) is 22.5 Å². The molecule has 0 saturated heterocycles. The van der Waals surface area contributed by atoms with Crippen molar-refractivity contribution in [2.75, 3.05) is 4.90 Å². The molecule has 5 unspecified atom stereocenters. The van der Waals surface area contributed by atoms with Crippen molar-refractivity contribution in [3.8, 4) is 22.3 Å². The molecule has 3 fully saturated rings. The van der Waals surface area contributed by atoms with E-state index in [0.717, 1.165) is 23.7 Å². The minimum atomic E-state index is 0.165. The summed E-state index contributed by atoms with van der Waals surface area (Å²) in [6, 6.07) is 57.2. The molecule has 0 aromatic heterocycles. The van der Waals surface area contributed by atoms with Crippen molar-refractivity contribution in [3.63, 3.8) is 0 Å². The zero-order valence-electron chi connectivity index (χ0n) is 28.4. The maximum atomic E-state index is 2.55. The fourth-order valence-electron chi connectivity index (χ4n) is 11.3. The highest BCUT2D eigenvalue weighted by Crippen LogP contribution is 2.66. The molecule has 1 spiro atoms. The lowest BCUT2D eigenvalue weighted by atomic mass is 9.47. The van der Waals surface area contributed by atoms with E-state index in [1.807, 2.05) is 0 Å². The average molecular weight is 644 g/mol. The Balaban J connectivity index is 1.07. The van der Waals surface area contributed by atoms with Crippen LogP contribution in [0.15, 0.2) is 152 Å². The highest BCUT2D eigenvalue weighted by Gasteiger charge is 2.57. The van der Waals surface area contributed by atoms with Crippen molar-refractivity contribution in [2.24, 2.45) is 23.7 Å². The van der Waals surface area contributed by atoms with E-state index in [0.29, 0.717) is 0 Å². The zero-order valence-corrected chi connectivity index (χ0v) is 28.4. The third-order valence-corrected chi connectivity index (χ3v) is 13.4. The lowest BCUT2D eigenvalue weighted by molar-refractivity contribution is -0.0103. The van der Waals surface area contributed by atoms with Crippen LogP contribution in [0.3, 0.4) is 0 Å². The first-order valence-corrected chi connectivity index (χ1v) is 18.8. The summed E-state index contributed by atoms with van der Waals surface area (Å²) >= 11 is 0. The average Bonchev–Trinajstić information content (AvgIpc) is 3.45. The van der Waals surface area contributed by atoms with E-state index in [4.69, 9.17) is 0 Å². The topological polar surface area (TPSA) is 3.24 Å². The maximum absolute atomic E-state index is 2.55. The highest BCUT2D eigenvalue weighted by molar-refractivity contribution is 5.97. The molecule has 1 heteroatoms. The van der Waals surface area contributed by atoms with E-state index in [9.17, 15) is 0 Å². The highest BCUT2D eigenvalue weighted by atomic mass is 15.1. The second-order valence-electron chi connectivity index (χ2n) is 15.8. The van der Waals surface area contributed by atoms with Crippen LogP contribution in [-0.4, -0.2) is 0 Å². The molecule has 3 saturated carbocycles. The molecule has 0 amide bonds. The van der Waals surface area contributed by atoms with Gasteiger partial charge in [0.25, 0.3) is 0 Å². The van der Waals surface area contributed by atoms with Gasteiger partial charge in [-0.15, -0.1) is 0 Å². The Labute approximate surface area is 295 Å². The Bertz CT molecular complexity index is 2430. The molecular weight excluding hydrogens is 603 g/mol. The molecule has 11 rings (SSSR count). The fraction of sp³-hybridized carbons (Fsp3) is 0.224. The second-order valence-corrected chi connectivity index (χ2v) is 15.8. The summed E-state index contributed by atoms with van der Waals surface area (Å²) in [5.74, 6) is 3.52. The maximum Gasteiger partial charge on any atom is 0.0468 e. The summed E-state index contributed by atoms with van der Waals surface area (Å²) < 4.78 is 0. The van der Waals surface area contributed by atoms with Gasteiger partial charge < -0.3 is 4.90 Å². The van der Waals surface area contributed by atoms with Gasteiger partial charge in [0.15, 0.2) is 0 Å². The number of rotatable bonds is 4. The van der Waals surface area contributed by atoms with Gasteiger partial charge in [-0.2, -0.15) is 0 Å². The van der Waals surface area contributed by atoms with E-state index >= 15 is 0 Å². The second kappa shape index (κ2) is 10.9. The molecule has 0 heterocycles. The van der Waals surface area contributed by atoms with Gasteiger partial charge in [-0.25, -0.2) is 0 Å². The predicted molar refractivity (Wildman–Crippen MR) is 209 cm³/mol. The van der Waals surface area contributed by atoms with Crippen LogP contribution in [-0.2, 0) is 5.41 Å². The number of nitrogens with zero attached hydrogens (tertiary/aromatic N) is 1. The van der Waals surface area contributed by atoms with Crippen LogP contribution in [0.2, 0.25) is 0 Å². The molecule has 5 atom stereocenters. The third-order valence-electron chi connectivity index (χ3n) is 13.4. The molecule has 242 valence electrons. The van der Waals surface area contributed by atoms with Crippen molar-refractivity contribution in [3.05, 3.63) is 163 Å². The number of hydrogen-bond donors (Lipinski definition) is 0. The van der Waals surface area contributed by atoms with E-state index in [1.54, 1.807) is 11.1 Å². The lowest BCUT2D eigenvalue weighted by Gasteiger charge is -2.57. The fourth-order valence-corrected chi connectivity index (χ4v) is 11.3. The normalized spacial score (nSPS) is 24.4. The Morgan fingerprint density at radius 1 is 0.460 bits per heavy atom. The van der Waals surface area contributed by atoms with E-state index in [2.05, 4.69) is 157 Å². The van der Waals surface area contributed by atoms with Gasteiger partial charge in [-0.3, -0.25) is 0 Å². The molecule has 0 aliphatic heterocycles. The smallest absolute Gasteiger partial charge is 0.0468 e. The first-order chi connectivity index (χ1) is 24.7. The summed E-state index contributed by atoms with van der Waals surface area (Å²) in [6.07, 6.45) is 8.55. The SMILES string of the molecule is c1ccc2c(c1)-c1cc(N(c3ccc(-c4cccc5ccccc45)cc3)c3ccc4ccccc4c3)ccc1C21CC2CCC3CC2CC1C3. The molecule has 7 aromatic carbocycles. The van der Waals surface area contributed by atoms with Gasteiger partial charge >= 0.3 is 0 Å². The molecule has 50 heavy (non-hydrogen) atoms. The minimum absolute atomic E-state index is 0.165. The number of anilines is 3. The Morgan fingerprint density at radius 2 is 1.16 bits per heavy atom. The Hall–Kier alpha value is -5.14. The Morgan fingerprint density at radius 3 is 2.08 bits per heavy atom. The van der Waals surface area contributed by atoms with Crippen LogP contribution in [0.1, 0.15) is 49.7 Å². The summed E-state index contributed by atoms with van der Waals surface area (Å²) in [5, 5.41) is 5.10. The van der Waals surface area contributed by atoms with Gasteiger partial charge in [0.05, 0.1) is 0 Å². The zero-order chi connectivity index (χ0) is 32.8. The van der Waals surface area contributed by atoms with E-state index < -0.39 is 0 Å². The van der Waals surface area contributed by atoms with Crippen molar-refractivity contribution in [2.45, 2.75) is 43.9 Å². The third kappa shape index (κ3) is 4.19. The van der Waals surface area contributed by atoms with Crippen LogP contribution in [0.4, 0.5) is 17.1 Å². The Kier molecular flexibility index (Phi) is 6.27. The first kappa shape index (κ1) is 28.7. The summed E-state index contributed by atoms with van der Waals surface area (Å²) in [7, 11) is 0. The molecule has 4 aliphatic carbocycles. The van der Waals surface area contributed by atoms with Crippen LogP contribution in [0, 0.1) is 23.7 Å². The van der Waals surface area contributed by atoms with E-state index in [1.165, 1.54) is 99.4 Å². The summed E-state index contributed by atoms with van der Waals surface area (Å²) in [5.41, 5.74) is 12.4.